The van der Waals surface area contributed by atoms with Crippen LogP contribution in [0.25, 0.3) is 0 Å². The van der Waals surface area contributed by atoms with Gasteiger partial charge in [0.2, 0.25) is 0 Å². The Labute approximate surface area is 132 Å². The Bertz CT molecular complexity index is 590. The number of halogens is 2. The van der Waals surface area contributed by atoms with Gasteiger partial charge in [-0.15, -0.1) is 0 Å². The summed E-state index contributed by atoms with van der Waals surface area (Å²) in [6, 6.07) is 13.2. The van der Waals surface area contributed by atoms with E-state index in [1.165, 1.54) is 5.56 Å². The minimum Gasteiger partial charge on any atom is -0.289 e. The van der Waals surface area contributed by atoms with Crippen LogP contribution in [-0.2, 0) is 6.42 Å². The van der Waals surface area contributed by atoms with Gasteiger partial charge in [-0.3, -0.25) is 4.79 Å². The van der Waals surface area contributed by atoms with Gasteiger partial charge in [0, 0.05) is 19.7 Å². The first kappa shape index (κ1) is 14.5. The lowest BCUT2D eigenvalue weighted by atomic mass is 10.0. The van der Waals surface area contributed by atoms with Gasteiger partial charge in [-0.05, 0) is 52.8 Å². The zero-order valence-corrected chi connectivity index (χ0v) is 13.5. The molecule has 0 unspecified atom stereocenters. The van der Waals surface area contributed by atoms with E-state index in [0.717, 1.165) is 16.4 Å². The molecular weight excluding hydrogens is 371 g/mol. The molecule has 0 saturated heterocycles. The lowest BCUT2D eigenvalue weighted by Crippen LogP contribution is -2.03. The summed E-state index contributed by atoms with van der Waals surface area (Å²) in [5.74, 6) is 0.0231. The van der Waals surface area contributed by atoms with Crippen molar-refractivity contribution in [1.82, 2.24) is 0 Å². The van der Waals surface area contributed by atoms with Crippen molar-refractivity contribution in [3.63, 3.8) is 0 Å². The second-order valence-electron chi connectivity index (χ2n) is 4.40. The Morgan fingerprint density at radius 1 is 1.16 bits per heavy atom. The first-order valence-electron chi connectivity index (χ1n) is 6.20. The Morgan fingerprint density at radius 2 is 1.84 bits per heavy atom. The summed E-state index contributed by atoms with van der Waals surface area (Å²) < 4.78 is 0.921. The quantitative estimate of drug-likeness (QED) is 0.528. The molecular formula is C16H14ClIO. The molecule has 0 amide bonds. The monoisotopic (exact) mass is 384 g/mol. The van der Waals surface area contributed by atoms with Gasteiger partial charge in [-0.1, -0.05) is 49.2 Å². The van der Waals surface area contributed by atoms with Gasteiger partial charge in [0.15, 0.2) is 5.78 Å². The molecule has 0 saturated carbocycles. The Hall–Kier alpha value is -0.870. The van der Waals surface area contributed by atoms with Gasteiger partial charge in [0.25, 0.3) is 0 Å². The van der Waals surface area contributed by atoms with Crippen LogP contribution in [-0.4, -0.2) is 5.78 Å². The summed E-state index contributed by atoms with van der Waals surface area (Å²) in [4.78, 5) is 12.4. The van der Waals surface area contributed by atoms with Crippen LogP contribution in [0.15, 0.2) is 42.5 Å². The fraction of sp³-hybridized carbons (Fsp3) is 0.188. The third-order valence-electron chi connectivity index (χ3n) is 2.93. The van der Waals surface area contributed by atoms with Gasteiger partial charge < -0.3 is 0 Å². The summed E-state index contributed by atoms with van der Waals surface area (Å²) >= 11 is 8.12. The van der Waals surface area contributed by atoms with Crippen LogP contribution in [0.2, 0.25) is 5.02 Å². The second-order valence-corrected chi connectivity index (χ2v) is 6.00. The van der Waals surface area contributed by atoms with Crippen LogP contribution in [0.3, 0.4) is 0 Å². The van der Waals surface area contributed by atoms with Crippen molar-refractivity contribution in [1.29, 1.82) is 0 Å². The molecule has 0 aromatic heterocycles. The average molecular weight is 385 g/mol. The molecule has 0 aliphatic rings. The van der Waals surface area contributed by atoms with E-state index in [0.29, 0.717) is 16.1 Å². The molecule has 0 N–H and O–H groups in total. The minimum atomic E-state index is 0.0231. The SMILES string of the molecule is CCCc1ccc(C(=O)c2cc(Cl)ccc2I)cc1. The van der Waals surface area contributed by atoms with Crippen molar-refractivity contribution >= 4 is 40.0 Å². The highest BCUT2D eigenvalue weighted by Crippen LogP contribution is 2.21. The summed E-state index contributed by atoms with van der Waals surface area (Å²) in [6.07, 6.45) is 2.16. The predicted octanol–water partition coefficient (Wildman–Crippen LogP) is 5.13. The van der Waals surface area contributed by atoms with Crippen molar-refractivity contribution < 1.29 is 4.79 Å². The molecule has 0 spiro atoms. The standard InChI is InChI=1S/C16H14ClIO/c1-2-3-11-4-6-12(7-5-11)16(19)14-10-13(17)8-9-15(14)18/h4-10H,2-3H2,1H3. The van der Waals surface area contributed by atoms with Gasteiger partial charge in [0.1, 0.15) is 0 Å². The number of ketones is 1. The zero-order chi connectivity index (χ0) is 13.8. The second kappa shape index (κ2) is 6.53. The number of carbonyl (C=O) groups is 1. The number of aryl methyl sites for hydroxylation is 1. The van der Waals surface area contributed by atoms with Gasteiger partial charge in [-0.25, -0.2) is 0 Å². The molecule has 0 fully saturated rings. The van der Waals surface area contributed by atoms with E-state index in [2.05, 4.69) is 29.5 Å². The molecule has 0 bridgehead atoms. The summed E-state index contributed by atoms with van der Waals surface area (Å²) in [7, 11) is 0. The maximum absolute atomic E-state index is 12.4. The van der Waals surface area contributed by atoms with Crippen molar-refractivity contribution in [2.24, 2.45) is 0 Å². The summed E-state index contributed by atoms with van der Waals surface area (Å²) in [6.45, 7) is 2.15. The fourth-order valence-corrected chi connectivity index (χ4v) is 2.69. The fourth-order valence-electron chi connectivity index (χ4n) is 1.94. The highest BCUT2D eigenvalue weighted by molar-refractivity contribution is 14.1. The molecule has 2 aromatic carbocycles. The van der Waals surface area contributed by atoms with Crippen molar-refractivity contribution in [2.75, 3.05) is 0 Å². The lowest BCUT2D eigenvalue weighted by Gasteiger charge is -2.06. The molecule has 0 aliphatic heterocycles. The van der Waals surface area contributed by atoms with E-state index in [1.54, 1.807) is 12.1 Å². The molecule has 0 radical (unpaired) electrons. The first-order chi connectivity index (χ1) is 9.11. The third-order valence-corrected chi connectivity index (χ3v) is 4.10. The van der Waals surface area contributed by atoms with Crippen molar-refractivity contribution in [3.8, 4) is 0 Å². The lowest BCUT2D eigenvalue weighted by molar-refractivity contribution is 0.103. The number of rotatable bonds is 4. The molecule has 2 aromatic rings. The highest BCUT2D eigenvalue weighted by Gasteiger charge is 2.12. The van der Waals surface area contributed by atoms with Gasteiger partial charge in [-0.2, -0.15) is 0 Å². The van der Waals surface area contributed by atoms with Gasteiger partial charge in [0.05, 0.1) is 0 Å². The number of hydrogen-bond donors (Lipinski definition) is 0. The van der Waals surface area contributed by atoms with E-state index in [1.807, 2.05) is 30.3 Å². The van der Waals surface area contributed by atoms with Crippen LogP contribution >= 0.6 is 34.2 Å². The van der Waals surface area contributed by atoms with Crippen LogP contribution in [0.4, 0.5) is 0 Å². The van der Waals surface area contributed by atoms with Crippen LogP contribution in [0, 0.1) is 3.57 Å². The van der Waals surface area contributed by atoms with E-state index in [4.69, 9.17) is 11.6 Å². The first-order valence-corrected chi connectivity index (χ1v) is 7.66. The molecule has 1 nitrogen and oxygen atoms in total. The zero-order valence-electron chi connectivity index (χ0n) is 10.6. The summed E-state index contributed by atoms with van der Waals surface area (Å²) in [5, 5.41) is 0.589. The van der Waals surface area contributed by atoms with Crippen LogP contribution in [0.5, 0.6) is 0 Å². The van der Waals surface area contributed by atoms with E-state index in [9.17, 15) is 4.79 Å². The Balaban J connectivity index is 2.30. The summed E-state index contributed by atoms with van der Waals surface area (Å²) in [5.41, 5.74) is 2.64. The normalized spacial score (nSPS) is 10.5. The Kier molecular flexibility index (Phi) is 4.99. The average Bonchev–Trinajstić information content (AvgIpc) is 2.42. The van der Waals surface area contributed by atoms with E-state index < -0.39 is 0 Å². The molecule has 98 valence electrons. The third kappa shape index (κ3) is 3.57. The largest absolute Gasteiger partial charge is 0.289 e. The highest BCUT2D eigenvalue weighted by atomic mass is 127. The van der Waals surface area contributed by atoms with Crippen LogP contribution in [0.1, 0.15) is 34.8 Å². The molecule has 2 rings (SSSR count). The maximum Gasteiger partial charge on any atom is 0.194 e. The molecule has 0 atom stereocenters. The topological polar surface area (TPSA) is 17.1 Å². The molecule has 3 heteroatoms. The Morgan fingerprint density at radius 3 is 2.47 bits per heavy atom. The number of benzene rings is 2. The van der Waals surface area contributed by atoms with Gasteiger partial charge >= 0.3 is 0 Å². The van der Waals surface area contributed by atoms with E-state index >= 15 is 0 Å². The van der Waals surface area contributed by atoms with Crippen molar-refractivity contribution in [2.45, 2.75) is 19.8 Å². The predicted molar refractivity (Wildman–Crippen MR) is 88.0 cm³/mol. The molecule has 19 heavy (non-hydrogen) atoms. The van der Waals surface area contributed by atoms with E-state index in [-0.39, 0.29) is 5.78 Å². The van der Waals surface area contributed by atoms with Crippen molar-refractivity contribution in [3.05, 3.63) is 67.7 Å². The minimum absolute atomic E-state index is 0.0231. The molecule has 0 heterocycles. The smallest absolute Gasteiger partial charge is 0.194 e. The number of carbonyl (C=O) groups excluding carboxylic acids is 1. The number of hydrogen-bond acceptors (Lipinski definition) is 1. The van der Waals surface area contributed by atoms with Crippen LogP contribution < -0.4 is 0 Å². The maximum atomic E-state index is 12.4. The molecule has 0 aliphatic carbocycles.